The van der Waals surface area contributed by atoms with Gasteiger partial charge in [0, 0.05) is 29.2 Å². The molecule has 40 heavy (non-hydrogen) atoms. The quantitative estimate of drug-likeness (QED) is 0.396. The molecule has 0 radical (unpaired) electrons. The van der Waals surface area contributed by atoms with Crippen molar-refractivity contribution in [1.82, 2.24) is 9.21 Å². The van der Waals surface area contributed by atoms with E-state index in [0.29, 0.717) is 40.7 Å². The first kappa shape index (κ1) is 25.6. The summed E-state index contributed by atoms with van der Waals surface area (Å²) in [5, 5.41) is 0. The molecule has 3 heterocycles. The van der Waals surface area contributed by atoms with Crippen molar-refractivity contribution in [3.8, 4) is 0 Å². The first-order valence-electron chi connectivity index (χ1n) is 13.4. The Hall–Kier alpha value is -3.34. The van der Waals surface area contributed by atoms with Gasteiger partial charge in [-0.1, -0.05) is 36.4 Å². The smallest absolute Gasteiger partial charge is 0.261 e. The Morgan fingerprint density at radius 3 is 2.23 bits per heavy atom. The number of hydrogen-bond donors (Lipinski definition) is 0. The Balaban J connectivity index is 1.28. The Labute approximate surface area is 240 Å². The molecule has 0 unspecified atom stereocenters. The van der Waals surface area contributed by atoms with Crippen LogP contribution in [0.25, 0.3) is 0 Å². The van der Waals surface area contributed by atoms with Crippen LogP contribution in [0.3, 0.4) is 0 Å². The zero-order valence-electron chi connectivity index (χ0n) is 21.5. The van der Waals surface area contributed by atoms with Crippen LogP contribution in [0, 0.1) is 5.92 Å². The lowest BCUT2D eigenvalue weighted by Crippen LogP contribution is -2.46. The second-order valence-electron chi connectivity index (χ2n) is 10.8. The van der Waals surface area contributed by atoms with Crippen LogP contribution in [-0.4, -0.2) is 55.0 Å². The molecule has 0 spiro atoms. The maximum atomic E-state index is 14.4. The van der Waals surface area contributed by atoms with Crippen molar-refractivity contribution in [1.29, 1.82) is 0 Å². The number of amides is 3. The van der Waals surface area contributed by atoms with Crippen LogP contribution in [0.1, 0.15) is 56.3 Å². The fourth-order valence-electron chi connectivity index (χ4n) is 6.18. The molecule has 3 amide bonds. The van der Waals surface area contributed by atoms with Gasteiger partial charge in [0.15, 0.2) is 0 Å². The third-order valence-corrected chi connectivity index (χ3v) is 11.3. The van der Waals surface area contributed by atoms with Crippen molar-refractivity contribution in [2.45, 2.75) is 36.6 Å². The SMILES string of the molecule is O=C1c2ccccc2C(=O)N1C[C@H]1c2ccccc2CCN1S(=O)(=O)c1cc2c(cc1Br)CCN2C(=O)C1CC1. The number of carbonyl (C=O) groups is 3. The van der Waals surface area contributed by atoms with E-state index in [4.69, 9.17) is 0 Å². The predicted molar refractivity (Wildman–Crippen MR) is 152 cm³/mol. The van der Waals surface area contributed by atoms with Gasteiger partial charge in [-0.25, -0.2) is 8.42 Å². The predicted octanol–water partition coefficient (Wildman–Crippen LogP) is 4.33. The van der Waals surface area contributed by atoms with E-state index in [1.54, 1.807) is 41.3 Å². The first-order valence-corrected chi connectivity index (χ1v) is 15.7. The Bertz CT molecular complexity index is 1680. The van der Waals surface area contributed by atoms with Crippen molar-refractivity contribution in [2.75, 3.05) is 24.5 Å². The number of hydrogen-bond acceptors (Lipinski definition) is 5. The maximum Gasteiger partial charge on any atom is 0.261 e. The third kappa shape index (κ3) is 3.95. The Kier molecular flexibility index (Phi) is 5.99. The fourth-order valence-corrected chi connectivity index (χ4v) is 8.85. The lowest BCUT2D eigenvalue weighted by molar-refractivity contribution is -0.119. The molecule has 10 heteroatoms. The molecule has 1 atom stereocenters. The molecule has 4 aliphatic rings. The second kappa shape index (κ2) is 9.36. The van der Waals surface area contributed by atoms with Crippen molar-refractivity contribution >= 4 is 49.4 Å². The molecule has 1 fully saturated rings. The molecule has 0 bridgehead atoms. The molecule has 3 aromatic rings. The van der Waals surface area contributed by atoms with E-state index in [1.165, 1.54) is 4.31 Å². The molecule has 3 aromatic carbocycles. The van der Waals surface area contributed by atoms with Crippen molar-refractivity contribution in [3.05, 3.63) is 93.0 Å². The van der Waals surface area contributed by atoms with Gasteiger partial charge in [-0.3, -0.25) is 19.3 Å². The number of fused-ring (bicyclic) bond motifs is 3. The zero-order valence-corrected chi connectivity index (χ0v) is 23.9. The molecule has 1 saturated carbocycles. The number of benzene rings is 3. The second-order valence-corrected chi connectivity index (χ2v) is 13.5. The zero-order chi connectivity index (χ0) is 27.8. The molecule has 0 aromatic heterocycles. The van der Waals surface area contributed by atoms with Gasteiger partial charge in [0.05, 0.1) is 28.6 Å². The van der Waals surface area contributed by atoms with Gasteiger partial charge in [0.25, 0.3) is 11.8 Å². The van der Waals surface area contributed by atoms with E-state index < -0.39 is 27.9 Å². The van der Waals surface area contributed by atoms with E-state index in [1.807, 2.05) is 24.3 Å². The van der Waals surface area contributed by atoms with E-state index in [2.05, 4.69) is 15.9 Å². The monoisotopic (exact) mass is 619 g/mol. The van der Waals surface area contributed by atoms with Gasteiger partial charge in [0.2, 0.25) is 15.9 Å². The van der Waals surface area contributed by atoms with E-state index in [0.717, 1.165) is 34.4 Å². The van der Waals surface area contributed by atoms with Crippen molar-refractivity contribution < 1.29 is 22.8 Å². The molecule has 204 valence electrons. The van der Waals surface area contributed by atoms with Gasteiger partial charge in [-0.2, -0.15) is 4.31 Å². The van der Waals surface area contributed by atoms with Crippen molar-refractivity contribution in [3.63, 3.8) is 0 Å². The Morgan fingerprint density at radius 2 is 1.52 bits per heavy atom. The summed E-state index contributed by atoms with van der Waals surface area (Å²) in [7, 11) is -4.10. The summed E-state index contributed by atoms with van der Waals surface area (Å²) >= 11 is 3.50. The molecule has 1 aliphatic carbocycles. The lowest BCUT2D eigenvalue weighted by atomic mass is 9.94. The third-order valence-electron chi connectivity index (χ3n) is 8.40. The molecule has 8 nitrogen and oxygen atoms in total. The lowest BCUT2D eigenvalue weighted by Gasteiger charge is -2.38. The number of rotatable bonds is 5. The number of nitrogens with zero attached hydrogens (tertiary/aromatic N) is 3. The molecular formula is C30H26BrN3O5S. The van der Waals surface area contributed by atoms with Gasteiger partial charge >= 0.3 is 0 Å². The van der Waals surface area contributed by atoms with Crippen molar-refractivity contribution in [2.24, 2.45) is 5.92 Å². The van der Waals surface area contributed by atoms with Crippen LogP contribution in [0.5, 0.6) is 0 Å². The normalized spacial score (nSPS) is 20.5. The van der Waals surface area contributed by atoms with Crippen LogP contribution >= 0.6 is 15.9 Å². The summed E-state index contributed by atoms with van der Waals surface area (Å²) in [5.74, 6) is -0.764. The number of anilines is 1. The summed E-state index contributed by atoms with van der Waals surface area (Å²) in [6, 6.07) is 16.9. The van der Waals surface area contributed by atoms with Crippen LogP contribution in [0.2, 0.25) is 0 Å². The summed E-state index contributed by atoms with van der Waals surface area (Å²) in [5.41, 5.74) is 4.00. The van der Waals surface area contributed by atoms with E-state index in [9.17, 15) is 22.8 Å². The Morgan fingerprint density at radius 1 is 0.875 bits per heavy atom. The first-order chi connectivity index (χ1) is 19.3. The summed E-state index contributed by atoms with van der Waals surface area (Å²) in [4.78, 5) is 42.4. The topological polar surface area (TPSA) is 95.1 Å². The largest absolute Gasteiger partial charge is 0.312 e. The average molecular weight is 621 g/mol. The number of imide groups is 1. The molecule has 0 saturated heterocycles. The highest BCUT2D eigenvalue weighted by Gasteiger charge is 2.44. The highest BCUT2D eigenvalue weighted by atomic mass is 79.9. The minimum absolute atomic E-state index is 0.0253. The molecule has 0 N–H and O–H groups in total. The van der Waals surface area contributed by atoms with E-state index in [-0.39, 0.29) is 29.8 Å². The van der Waals surface area contributed by atoms with E-state index >= 15 is 0 Å². The summed E-state index contributed by atoms with van der Waals surface area (Å²) in [6.07, 6.45) is 2.92. The maximum absolute atomic E-state index is 14.4. The van der Waals surface area contributed by atoms with Gasteiger partial charge in [0.1, 0.15) is 0 Å². The van der Waals surface area contributed by atoms with Crippen LogP contribution < -0.4 is 4.90 Å². The number of halogens is 1. The summed E-state index contributed by atoms with van der Waals surface area (Å²) in [6.45, 7) is 0.638. The highest BCUT2D eigenvalue weighted by molar-refractivity contribution is 9.10. The van der Waals surface area contributed by atoms with Gasteiger partial charge in [-0.15, -0.1) is 0 Å². The minimum atomic E-state index is -4.10. The fraction of sp³-hybridized carbons (Fsp3) is 0.300. The van der Waals surface area contributed by atoms with Crippen LogP contribution in [0.15, 0.2) is 70.0 Å². The number of carbonyl (C=O) groups excluding carboxylic acids is 3. The number of sulfonamides is 1. The molecular weight excluding hydrogens is 594 g/mol. The van der Waals surface area contributed by atoms with Crippen LogP contribution in [0.4, 0.5) is 5.69 Å². The van der Waals surface area contributed by atoms with Gasteiger partial charge in [-0.05, 0) is 82.6 Å². The summed E-state index contributed by atoms with van der Waals surface area (Å²) < 4.78 is 30.7. The standard InChI is InChI=1S/C30H26BrN3O5S/c31-24-15-20-11-13-32(28(35)19-9-10-19)25(20)16-27(24)40(38,39)34-14-12-18-5-1-2-6-21(18)26(34)17-33-29(36)22-7-3-4-8-23(22)30(33)37/h1-8,15-16,19,26H,9-14,17H2/t26-/m0/s1. The van der Waals surface area contributed by atoms with Gasteiger partial charge < -0.3 is 4.90 Å². The molecule has 3 aliphatic heterocycles. The molecule has 7 rings (SSSR count). The highest BCUT2D eigenvalue weighted by Crippen LogP contribution is 2.42. The van der Waals surface area contributed by atoms with Crippen LogP contribution in [-0.2, 0) is 27.7 Å². The average Bonchev–Trinajstić information content (AvgIpc) is 3.69. The minimum Gasteiger partial charge on any atom is -0.312 e.